The highest BCUT2D eigenvalue weighted by atomic mass is 16.5. The molecule has 0 saturated carbocycles. The average molecular weight is 272 g/mol. The molecule has 108 valence electrons. The number of pyridine rings is 1. The van der Waals surface area contributed by atoms with E-state index in [9.17, 15) is 0 Å². The Morgan fingerprint density at radius 2 is 2.10 bits per heavy atom. The topological polar surface area (TPSA) is 34.1 Å². The van der Waals surface area contributed by atoms with Gasteiger partial charge >= 0.3 is 0 Å². The van der Waals surface area contributed by atoms with E-state index in [0.29, 0.717) is 0 Å². The van der Waals surface area contributed by atoms with Crippen molar-refractivity contribution in [2.75, 3.05) is 13.7 Å². The van der Waals surface area contributed by atoms with Crippen LogP contribution in [-0.2, 0) is 4.74 Å². The van der Waals surface area contributed by atoms with Gasteiger partial charge in [-0.2, -0.15) is 0 Å². The van der Waals surface area contributed by atoms with Crippen LogP contribution in [0.2, 0.25) is 0 Å². The van der Waals surface area contributed by atoms with E-state index in [1.165, 1.54) is 16.3 Å². The number of nitrogens with zero attached hydrogens (tertiary/aromatic N) is 1. The maximum absolute atomic E-state index is 5.73. The number of hydrogen-bond donors (Lipinski definition) is 1. The Morgan fingerprint density at radius 3 is 2.80 bits per heavy atom. The number of rotatable bonds is 7. The van der Waals surface area contributed by atoms with Crippen molar-refractivity contribution in [3.05, 3.63) is 42.2 Å². The fraction of sp³-hybridized carbons (Fsp3) is 0.471. The van der Waals surface area contributed by atoms with Gasteiger partial charge in [0.2, 0.25) is 0 Å². The van der Waals surface area contributed by atoms with Gasteiger partial charge in [0.25, 0.3) is 0 Å². The highest BCUT2D eigenvalue weighted by Crippen LogP contribution is 2.28. The van der Waals surface area contributed by atoms with Crippen molar-refractivity contribution in [2.24, 2.45) is 0 Å². The van der Waals surface area contributed by atoms with E-state index in [1.807, 2.05) is 12.4 Å². The van der Waals surface area contributed by atoms with Crippen molar-refractivity contribution >= 4 is 10.8 Å². The summed E-state index contributed by atoms with van der Waals surface area (Å²) in [5.74, 6) is 0. The third-order valence-electron chi connectivity index (χ3n) is 3.72. The zero-order valence-electron chi connectivity index (χ0n) is 12.6. The lowest BCUT2D eigenvalue weighted by atomic mass is 9.94. The van der Waals surface area contributed by atoms with Crippen molar-refractivity contribution in [3.8, 4) is 0 Å². The monoisotopic (exact) mass is 272 g/mol. The van der Waals surface area contributed by atoms with Gasteiger partial charge in [-0.15, -0.1) is 0 Å². The lowest BCUT2D eigenvalue weighted by Crippen LogP contribution is -2.33. The molecule has 0 aliphatic rings. The van der Waals surface area contributed by atoms with Gasteiger partial charge < -0.3 is 10.1 Å². The molecule has 2 aromatic rings. The fourth-order valence-corrected chi connectivity index (χ4v) is 2.79. The molecule has 0 radical (unpaired) electrons. The summed E-state index contributed by atoms with van der Waals surface area (Å²) in [7, 11) is 1.80. The molecular weight excluding hydrogens is 248 g/mol. The summed E-state index contributed by atoms with van der Waals surface area (Å²) < 4.78 is 5.73. The van der Waals surface area contributed by atoms with Crippen LogP contribution in [0.5, 0.6) is 0 Å². The van der Waals surface area contributed by atoms with Crippen molar-refractivity contribution in [3.63, 3.8) is 0 Å². The van der Waals surface area contributed by atoms with Crippen molar-refractivity contribution in [1.82, 2.24) is 10.3 Å². The van der Waals surface area contributed by atoms with E-state index in [4.69, 9.17) is 4.74 Å². The van der Waals surface area contributed by atoms with Gasteiger partial charge in [0.1, 0.15) is 0 Å². The van der Waals surface area contributed by atoms with Crippen LogP contribution in [0.15, 0.2) is 36.7 Å². The molecule has 0 spiro atoms. The van der Waals surface area contributed by atoms with Gasteiger partial charge in [-0.1, -0.05) is 38.5 Å². The predicted octanol–water partition coefficient (Wildman–Crippen LogP) is 3.70. The lowest BCUT2D eigenvalue weighted by molar-refractivity contribution is 0.0615. The lowest BCUT2D eigenvalue weighted by Gasteiger charge is -2.28. The van der Waals surface area contributed by atoms with E-state index in [0.717, 1.165) is 19.4 Å². The summed E-state index contributed by atoms with van der Waals surface area (Å²) in [6, 6.07) is 8.71. The molecule has 2 rings (SSSR count). The van der Waals surface area contributed by atoms with Gasteiger partial charge in [0, 0.05) is 24.9 Å². The maximum Gasteiger partial charge on any atom is 0.0766 e. The Labute approximate surface area is 121 Å². The van der Waals surface area contributed by atoms with Crippen molar-refractivity contribution in [2.45, 2.75) is 38.8 Å². The Balaban J connectivity index is 2.45. The molecule has 0 bridgehead atoms. The van der Waals surface area contributed by atoms with Crippen LogP contribution in [0.4, 0.5) is 0 Å². The second-order valence-corrected chi connectivity index (χ2v) is 5.04. The largest absolute Gasteiger partial charge is 0.379 e. The van der Waals surface area contributed by atoms with E-state index < -0.39 is 0 Å². The minimum Gasteiger partial charge on any atom is -0.379 e. The van der Waals surface area contributed by atoms with Crippen molar-refractivity contribution in [1.29, 1.82) is 0 Å². The molecule has 20 heavy (non-hydrogen) atoms. The first-order valence-electron chi connectivity index (χ1n) is 7.40. The Bertz CT molecular complexity index is 536. The van der Waals surface area contributed by atoms with Crippen LogP contribution >= 0.6 is 0 Å². The molecule has 0 aliphatic carbocycles. The molecule has 0 saturated heterocycles. The summed E-state index contributed by atoms with van der Waals surface area (Å²) in [6.45, 7) is 5.26. The molecule has 2 unspecified atom stereocenters. The van der Waals surface area contributed by atoms with E-state index >= 15 is 0 Å². The minimum absolute atomic E-state index is 0.193. The predicted molar refractivity (Wildman–Crippen MR) is 83.9 cm³/mol. The van der Waals surface area contributed by atoms with Crippen LogP contribution in [0, 0.1) is 0 Å². The number of methoxy groups -OCH3 is 1. The molecule has 3 heteroatoms. The van der Waals surface area contributed by atoms with Crippen LogP contribution in [0.1, 0.15) is 38.3 Å². The molecule has 0 aliphatic heterocycles. The number of ether oxygens (including phenoxy) is 1. The zero-order chi connectivity index (χ0) is 14.4. The van der Waals surface area contributed by atoms with Crippen molar-refractivity contribution < 1.29 is 4.74 Å². The molecule has 2 atom stereocenters. The van der Waals surface area contributed by atoms with Crippen LogP contribution in [0.3, 0.4) is 0 Å². The Hall–Kier alpha value is -1.45. The first-order valence-corrected chi connectivity index (χ1v) is 7.40. The number of fused-ring (bicyclic) bond motifs is 1. The van der Waals surface area contributed by atoms with Gasteiger partial charge in [-0.25, -0.2) is 0 Å². The van der Waals surface area contributed by atoms with Crippen LogP contribution in [-0.4, -0.2) is 24.7 Å². The number of likely N-dealkylation sites (N-methyl/N-ethyl adjacent to an activating group) is 1. The standard InChI is InChI=1S/C17H24N2O/c1-4-7-16(20-3)17(19-5-2)15-9-6-8-13-12-18-11-10-14(13)15/h6,8-12,16-17,19H,4-5,7H2,1-3H3. The molecule has 0 amide bonds. The highest BCUT2D eigenvalue weighted by molar-refractivity contribution is 5.85. The molecule has 1 aromatic carbocycles. The van der Waals surface area contributed by atoms with Gasteiger partial charge in [-0.05, 0) is 30.0 Å². The first-order chi connectivity index (χ1) is 9.81. The Kier molecular flexibility index (Phi) is 5.50. The molecule has 1 N–H and O–H groups in total. The Morgan fingerprint density at radius 1 is 1.25 bits per heavy atom. The number of nitrogens with one attached hydrogen (secondary N) is 1. The summed E-state index contributed by atoms with van der Waals surface area (Å²) >= 11 is 0. The third-order valence-corrected chi connectivity index (χ3v) is 3.72. The average Bonchev–Trinajstić information content (AvgIpc) is 2.50. The number of benzene rings is 1. The second kappa shape index (κ2) is 7.36. The molecule has 0 fully saturated rings. The van der Waals surface area contributed by atoms with Crippen LogP contribution in [0.25, 0.3) is 10.8 Å². The number of hydrogen-bond acceptors (Lipinski definition) is 3. The zero-order valence-corrected chi connectivity index (χ0v) is 12.6. The molecular formula is C17H24N2O. The molecule has 3 nitrogen and oxygen atoms in total. The quantitative estimate of drug-likeness (QED) is 0.834. The van der Waals surface area contributed by atoms with Crippen LogP contribution < -0.4 is 5.32 Å². The minimum atomic E-state index is 0.193. The summed E-state index contributed by atoms with van der Waals surface area (Å²) in [5, 5.41) is 6.02. The van der Waals surface area contributed by atoms with Gasteiger partial charge in [-0.3, -0.25) is 4.98 Å². The van der Waals surface area contributed by atoms with E-state index in [2.05, 4.69) is 48.4 Å². The SMILES string of the molecule is CCCC(OC)C(NCC)c1cccc2cnccc12. The van der Waals surface area contributed by atoms with E-state index in [-0.39, 0.29) is 12.1 Å². The van der Waals surface area contributed by atoms with E-state index in [1.54, 1.807) is 7.11 Å². The number of aromatic nitrogens is 1. The molecule has 1 heterocycles. The third kappa shape index (κ3) is 3.17. The summed E-state index contributed by atoms with van der Waals surface area (Å²) in [6.07, 6.45) is 6.14. The first kappa shape index (κ1) is 14.9. The highest BCUT2D eigenvalue weighted by Gasteiger charge is 2.23. The smallest absolute Gasteiger partial charge is 0.0766 e. The fourth-order valence-electron chi connectivity index (χ4n) is 2.79. The second-order valence-electron chi connectivity index (χ2n) is 5.04. The van der Waals surface area contributed by atoms with Gasteiger partial charge in [0.05, 0.1) is 12.1 Å². The normalized spacial score (nSPS) is 14.3. The summed E-state index contributed by atoms with van der Waals surface area (Å²) in [4.78, 5) is 4.21. The summed E-state index contributed by atoms with van der Waals surface area (Å²) in [5.41, 5.74) is 1.30. The van der Waals surface area contributed by atoms with Gasteiger partial charge in [0.15, 0.2) is 0 Å². The maximum atomic E-state index is 5.73. The molecule has 1 aromatic heterocycles.